The summed E-state index contributed by atoms with van der Waals surface area (Å²) in [6.45, 7) is 9.03. The van der Waals surface area contributed by atoms with Crippen LogP contribution in [0.1, 0.15) is 24.4 Å². The van der Waals surface area contributed by atoms with E-state index in [-0.39, 0.29) is 11.9 Å². The van der Waals surface area contributed by atoms with Crippen molar-refractivity contribution in [1.82, 2.24) is 14.9 Å². The minimum atomic E-state index is -0.404. The van der Waals surface area contributed by atoms with Crippen molar-refractivity contribution in [2.45, 2.75) is 24.9 Å². The minimum Gasteiger partial charge on any atom is -0.494 e. The van der Waals surface area contributed by atoms with E-state index in [2.05, 4.69) is 37.0 Å². The molecule has 0 aliphatic carbocycles. The first-order valence-corrected chi connectivity index (χ1v) is 15.0. The quantitative estimate of drug-likeness (QED) is 0.319. The number of amides is 1. The van der Waals surface area contributed by atoms with E-state index in [4.69, 9.17) is 25.9 Å². The number of nitrogens with one attached hydrogen (secondary N) is 2. The van der Waals surface area contributed by atoms with Crippen molar-refractivity contribution in [1.29, 1.82) is 0 Å². The minimum absolute atomic E-state index is 0.317. The van der Waals surface area contributed by atoms with Crippen LogP contribution >= 0.6 is 11.6 Å². The zero-order chi connectivity index (χ0) is 30.6. The van der Waals surface area contributed by atoms with Crippen LogP contribution in [0.25, 0.3) is 0 Å². The zero-order valence-electron chi connectivity index (χ0n) is 24.5. The lowest BCUT2D eigenvalue weighted by molar-refractivity contribution is -0.111. The standard InChI is InChI=1S/C31H35ClFN7O4/c1-3-31(41)37-24-15-25(28(42-2)16-27(24)39-8-6-21(18-39)38-9-12-43-13-10-38)36-29-17-30(35-19-34-29)40-26(7-11-44-40)22-5-4-20(32)14-23(22)33/h3-5,14-17,19,21,26H,1,6-13,18H2,2H3,(H,37,41)(H,34,35,36)/t21-,26-/m1/s1. The zero-order valence-corrected chi connectivity index (χ0v) is 25.2. The van der Waals surface area contributed by atoms with Gasteiger partial charge in [0.1, 0.15) is 23.7 Å². The fourth-order valence-electron chi connectivity index (χ4n) is 6.01. The summed E-state index contributed by atoms with van der Waals surface area (Å²) in [5, 5.41) is 8.19. The number of halogens is 2. The Morgan fingerprint density at radius 3 is 2.73 bits per heavy atom. The Balaban J connectivity index is 1.26. The van der Waals surface area contributed by atoms with Crippen LogP contribution in [0.2, 0.25) is 5.02 Å². The summed E-state index contributed by atoms with van der Waals surface area (Å²) in [6, 6.07) is 10.1. The number of hydrogen-bond acceptors (Lipinski definition) is 10. The normalized spacial score (nSPS) is 20.5. The highest BCUT2D eigenvalue weighted by Crippen LogP contribution is 2.41. The number of methoxy groups -OCH3 is 1. The van der Waals surface area contributed by atoms with Crippen LogP contribution in [0.5, 0.6) is 5.75 Å². The van der Waals surface area contributed by atoms with Gasteiger partial charge in [0.2, 0.25) is 5.91 Å². The summed E-state index contributed by atoms with van der Waals surface area (Å²) in [6.07, 6.45) is 4.25. The van der Waals surface area contributed by atoms with Crippen LogP contribution in [0.15, 0.2) is 55.4 Å². The van der Waals surface area contributed by atoms with Crippen LogP contribution in [-0.2, 0) is 14.4 Å². The number of morpholine rings is 1. The van der Waals surface area contributed by atoms with Crippen LogP contribution < -0.4 is 25.3 Å². The van der Waals surface area contributed by atoms with Crippen LogP contribution in [0.3, 0.4) is 0 Å². The summed E-state index contributed by atoms with van der Waals surface area (Å²) in [5.41, 5.74) is 2.54. The fraction of sp³-hybridized carbons (Fsp3) is 0.387. The third-order valence-corrected chi connectivity index (χ3v) is 8.43. The average Bonchev–Trinajstić information content (AvgIpc) is 3.73. The number of ether oxygens (including phenoxy) is 2. The van der Waals surface area contributed by atoms with Gasteiger partial charge in [-0.1, -0.05) is 24.2 Å². The van der Waals surface area contributed by atoms with Gasteiger partial charge in [-0.3, -0.25) is 14.5 Å². The van der Waals surface area contributed by atoms with Crippen LogP contribution in [0, 0.1) is 5.82 Å². The highest BCUT2D eigenvalue weighted by molar-refractivity contribution is 6.30. The second kappa shape index (κ2) is 13.3. The first-order chi connectivity index (χ1) is 21.4. The van der Waals surface area contributed by atoms with Gasteiger partial charge in [0.05, 0.1) is 50.0 Å². The smallest absolute Gasteiger partial charge is 0.247 e. The highest BCUT2D eigenvalue weighted by atomic mass is 35.5. The summed E-state index contributed by atoms with van der Waals surface area (Å²) in [4.78, 5) is 31.9. The maximum absolute atomic E-state index is 14.8. The Kier molecular flexibility index (Phi) is 9.12. The molecule has 0 spiro atoms. The number of nitrogens with zero attached hydrogens (tertiary/aromatic N) is 5. The molecule has 4 heterocycles. The Morgan fingerprint density at radius 1 is 1.11 bits per heavy atom. The summed E-state index contributed by atoms with van der Waals surface area (Å²) < 4.78 is 26.1. The molecule has 6 rings (SSSR count). The number of benzene rings is 2. The van der Waals surface area contributed by atoms with Gasteiger partial charge in [0.25, 0.3) is 0 Å². The van der Waals surface area contributed by atoms with E-state index in [0.29, 0.717) is 58.4 Å². The Hall–Kier alpha value is -3.97. The second-order valence-electron chi connectivity index (χ2n) is 10.8. The van der Waals surface area contributed by atoms with Crippen molar-refractivity contribution in [3.63, 3.8) is 0 Å². The molecule has 3 aliphatic rings. The number of anilines is 5. The van der Waals surface area contributed by atoms with Gasteiger partial charge >= 0.3 is 0 Å². The van der Waals surface area contributed by atoms with Crippen molar-refractivity contribution in [3.05, 3.63) is 71.8 Å². The van der Waals surface area contributed by atoms with Crippen LogP contribution in [-0.4, -0.2) is 79.9 Å². The van der Waals surface area contributed by atoms with E-state index in [1.807, 2.05) is 12.1 Å². The molecule has 13 heteroatoms. The van der Waals surface area contributed by atoms with Gasteiger partial charge in [-0.2, -0.15) is 0 Å². The lowest BCUT2D eigenvalue weighted by atomic mass is 10.0. The van der Waals surface area contributed by atoms with Crippen molar-refractivity contribution in [3.8, 4) is 5.75 Å². The van der Waals surface area contributed by atoms with Crippen molar-refractivity contribution < 1.29 is 23.5 Å². The maximum Gasteiger partial charge on any atom is 0.247 e. The molecule has 1 amide bonds. The number of carbonyl (C=O) groups is 1. The molecule has 2 aromatic carbocycles. The molecule has 3 saturated heterocycles. The molecular weight excluding hydrogens is 589 g/mol. The van der Waals surface area contributed by atoms with E-state index in [0.717, 1.165) is 51.5 Å². The van der Waals surface area contributed by atoms with Crippen molar-refractivity contribution >= 4 is 46.2 Å². The molecule has 11 nitrogen and oxygen atoms in total. The lowest BCUT2D eigenvalue weighted by Crippen LogP contribution is -2.44. The van der Waals surface area contributed by atoms with Gasteiger partial charge in [0.15, 0.2) is 5.82 Å². The van der Waals surface area contributed by atoms with Gasteiger partial charge in [-0.25, -0.2) is 19.4 Å². The van der Waals surface area contributed by atoms with Crippen LogP contribution in [0.4, 0.5) is 33.1 Å². The van der Waals surface area contributed by atoms with Crippen molar-refractivity contribution in [2.24, 2.45) is 0 Å². The molecular formula is C31H35ClFN7O4. The number of hydroxylamine groups is 1. The van der Waals surface area contributed by atoms with E-state index in [1.54, 1.807) is 30.4 Å². The Bertz CT molecular complexity index is 1520. The highest BCUT2D eigenvalue weighted by Gasteiger charge is 2.32. The van der Waals surface area contributed by atoms with E-state index in [1.165, 1.54) is 18.5 Å². The third kappa shape index (κ3) is 6.43. The Morgan fingerprint density at radius 2 is 1.95 bits per heavy atom. The molecule has 3 aliphatic heterocycles. The SMILES string of the molecule is C=CC(=O)Nc1cc(Nc2cc(N3OCC[C@@H]3c3ccc(Cl)cc3F)ncn2)c(OC)cc1N1CC[C@@H](N2CCOCC2)C1. The monoisotopic (exact) mass is 623 g/mol. The molecule has 0 unspecified atom stereocenters. The number of rotatable bonds is 9. The van der Waals surface area contributed by atoms with Gasteiger partial charge in [-0.15, -0.1) is 0 Å². The fourth-order valence-corrected chi connectivity index (χ4v) is 6.16. The number of carbonyl (C=O) groups excluding carboxylic acids is 1. The predicted octanol–water partition coefficient (Wildman–Crippen LogP) is 4.94. The topological polar surface area (TPSA) is 104 Å². The molecule has 2 atom stereocenters. The van der Waals surface area contributed by atoms with Gasteiger partial charge in [-0.05, 0) is 30.7 Å². The molecule has 44 heavy (non-hydrogen) atoms. The summed E-state index contributed by atoms with van der Waals surface area (Å²) >= 11 is 5.97. The lowest BCUT2D eigenvalue weighted by Gasteiger charge is -2.32. The van der Waals surface area contributed by atoms with E-state index >= 15 is 0 Å². The number of hydrogen-bond donors (Lipinski definition) is 2. The Labute approximate surface area is 260 Å². The molecule has 0 saturated carbocycles. The largest absolute Gasteiger partial charge is 0.494 e. The van der Waals surface area contributed by atoms with E-state index in [9.17, 15) is 9.18 Å². The summed E-state index contributed by atoms with van der Waals surface area (Å²) in [7, 11) is 1.60. The second-order valence-corrected chi connectivity index (χ2v) is 11.3. The summed E-state index contributed by atoms with van der Waals surface area (Å²) in [5.74, 6) is 0.772. The average molecular weight is 624 g/mol. The first kappa shape index (κ1) is 30.1. The molecule has 1 aromatic heterocycles. The molecule has 2 N–H and O–H groups in total. The van der Waals surface area contributed by atoms with Gasteiger partial charge < -0.3 is 25.0 Å². The predicted molar refractivity (Wildman–Crippen MR) is 167 cm³/mol. The molecule has 232 valence electrons. The van der Waals surface area contributed by atoms with Gasteiger partial charge in [0, 0.05) is 61.4 Å². The maximum atomic E-state index is 14.8. The molecule has 3 aromatic rings. The third-order valence-electron chi connectivity index (χ3n) is 8.19. The first-order valence-electron chi connectivity index (χ1n) is 14.6. The van der Waals surface area contributed by atoms with E-state index < -0.39 is 5.82 Å². The van der Waals surface area contributed by atoms with Crippen molar-refractivity contribution in [2.75, 3.05) is 73.7 Å². The molecule has 0 radical (unpaired) electrons. The molecule has 3 fully saturated rings. The molecule has 0 bridgehead atoms. The number of aromatic nitrogens is 2.